The monoisotopic (exact) mass is 285 g/mol. The van der Waals surface area contributed by atoms with Crippen LogP contribution in [-0.4, -0.2) is 26.2 Å². The maximum absolute atomic E-state index is 5.76. The van der Waals surface area contributed by atoms with Crippen molar-refractivity contribution in [3.8, 4) is 0 Å². The summed E-state index contributed by atoms with van der Waals surface area (Å²) in [4.78, 5) is 6.02. The lowest BCUT2D eigenvalue weighted by Crippen LogP contribution is -2.46. The van der Waals surface area contributed by atoms with E-state index in [1.165, 1.54) is 23.3 Å². The van der Waals surface area contributed by atoms with Crippen molar-refractivity contribution in [2.24, 2.45) is 5.14 Å². The van der Waals surface area contributed by atoms with Crippen LogP contribution < -0.4 is 14.9 Å². The van der Waals surface area contributed by atoms with Gasteiger partial charge >= 0.3 is 0 Å². The van der Waals surface area contributed by atoms with Crippen LogP contribution in [0.15, 0.2) is 59.5 Å². The Hall–Kier alpha value is -1.65. The van der Waals surface area contributed by atoms with Crippen molar-refractivity contribution in [1.29, 1.82) is 0 Å². The number of anilines is 2. The van der Waals surface area contributed by atoms with Crippen molar-refractivity contribution in [2.45, 2.75) is 4.90 Å². The van der Waals surface area contributed by atoms with Crippen LogP contribution in [0, 0.1) is 0 Å². The van der Waals surface area contributed by atoms with E-state index in [2.05, 4.69) is 58.3 Å². The largest absolute Gasteiger partial charge is 0.368 e. The average Bonchev–Trinajstić information content (AvgIpc) is 2.56. The van der Waals surface area contributed by atoms with Crippen LogP contribution in [-0.2, 0) is 0 Å². The van der Waals surface area contributed by atoms with E-state index in [9.17, 15) is 0 Å². The van der Waals surface area contributed by atoms with Gasteiger partial charge in [0.1, 0.15) is 0 Å². The normalized spacial score (nSPS) is 15.4. The van der Waals surface area contributed by atoms with Crippen molar-refractivity contribution in [1.82, 2.24) is 0 Å². The molecule has 0 radical (unpaired) electrons. The fourth-order valence-electron chi connectivity index (χ4n) is 2.66. The molecule has 0 amide bonds. The Morgan fingerprint density at radius 2 is 1.35 bits per heavy atom. The molecule has 3 rings (SSSR count). The van der Waals surface area contributed by atoms with E-state index >= 15 is 0 Å². The number of piperazine rings is 1. The molecule has 20 heavy (non-hydrogen) atoms. The van der Waals surface area contributed by atoms with Gasteiger partial charge in [-0.2, -0.15) is 0 Å². The highest BCUT2D eigenvalue weighted by molar-refractivity contribution is 7.97. The van der Waals surface area contributed by atoms with Crippen molar-refractivity contribution in [3.05, 3.63) is 54.6 Å². The fourth-order valence-corrected chi connectivity index (χ4v) is 3.14. The van der Waals surface area contributed by atoms with Gasteiger partial charge in [0.05, 0.1) is 5.69 Å². The maximum Gasteiger partial charge on any atom is 0.0518 e. The molecule has 0 saturated carbocycles. The zero-order valence-corrected chi connectivity index (χ0v) is 12.2. The van der Waals surface area contributed by atoms with Crippen LogP contribution in [0.4, 0.5) is 11.4 Å². The first-order chi connectivity index (χ1) is 9.88. The van der Waals surface area contributed by atoms with Gasteiger partial charge in [0.15, 0.2) is 0 Å². The number of hydrogen-bond donors (Lipinski definition) is 1. The van der Waals surface area contributed by atoms with Crippen LogP contribution in [0.5, 0.6) is 0 Å². The Morgan fingerprint density at radius 3 is 2.05 bits per heavy atom. The van der Waals surface area contributed by atoms with Crippen molar-refractivity contribution in [3.63, 3.8) is 0 Å². The molecule has 0 bridgehead atoms. The standard InChI is InChI=1S/C16H19N3S/c17-20-16-9-5-4-8-15(16)19-12-10-18(11-13-19)14-6-2-1-3-7-14/h1-9H,10-13,17H2. The van der Waals surface area contributed by atoms with Gasteiger partial charge < -0.3 is 9.80 Å². The molecule has 1 heterocycles. The first-order valence-electron chi connectivity index (χ1n) is 6.89. The zero-order chi connectivity index (χ0) is 13.8. The Kier molecular flexibility index (Phi) is 4.14. The third kappa shape index (κ3) is 2.76. The van der Waals surface area contributed by atoms with Crippen LogP contribution in [0.1, 0.15) is 0 Å². The Balaban J connectivity index is 1.70. The molecule has 3 nitrogen and oxygen atoms in total. The van der Waals surface area contributed by atoms with Crippen molar-refractivity contribution in [2.75, 3.05) is 36.0 Å². The summed E-state index contributed by atoms with van der Waals surface area (Å²) < 4.78 is 0. The number of rotatable bonds is 3. The van der Waals surface area contributed by atoms with Crippen molar-refractivity contribution >= 4 is 23.3 Å². The van der Waals surface area contributed by atoms with Gasteiger partial charge in [0.2, 0.25) is 0 Å². The lowest BCUT2D eigenvalue weighted by Gasteiger charge is -2.38. The highest BCUT2D eigenvalue weighted by Crippen LogP contribution is 2.28. The van der Waals surface area contributed by atoms with E-state index in [-0.39, 0.29) is 0 Å². The number of benzene rings is 2. The van der Waals surface area contributed by atoms with E-state index in [0.29, 0.717) is 0 Å². The first-order valence-corrected chi connectivity index (χ1v) is 7.77. The summed E-state index contributed by atoms with van der Waals surface area (Å²) in [7, 11) is 0. The quantitative estimate of drug-likeness (QED) is 0.879. The molecule has 0 atom stereocenters. The predicted molar refractivity (Wildman–Crippen MR) is 87.4 cm³/mol. The van der Waals surface area contributed by atoms with Gasteiger partial charge in [0, 0.05) is 36.8 Å². The molecule has 0 aromatic heterocycles. The summed E-state index contributed by atoms with van der Waals surface area (Å²) in [6.45, 7) is 4.17. The van der Waals surface area contributed by atoms with Gasteiger partial charge in [-0.25, -0.2) is 0 Å². The summed E-state index contributed by atoms with van der Waals surface area (Å²) in [6.07, 6.45) is 0. The van der Waals surface area contributed by atoms with Crippen LogP contribution in [0.2, 0.25) is 0 Å². The highest BCUT2D eigenvalue weighted by Gasteiger charge is 2.18. The molecule has 0 spiro atoms. The Morgan fingerprint density at radius 1 is 0.750 bits per heavy atom. The smallest absolute Gasteiger partial charge is 0.0518 e. The van der Waals surface area contributed by atoms with E-state index in [1.54, 1.807) is 0 Å². The SMILES string of the molecule is NSc1ccccc1N1CCN(c2ccccc2)CC1. The van der Waals surface area contributed by atoms with Gasteiger partial charge in [0.25, 0.3) is 0 Å². The molecule has 1 saturated heterocycles. The molecular formula is C16H19N3S. The van der Waals surface area contributed by atoms with Gasteiger partial charge in [-0.1, -0.05) is 30.3 Å². The van der Waals surface area contributed by atoms with E-state index in [1.807, 2.05) is 6.07 Å². The molecule has 0 unspecified atom stereocenters. The maximum atomic E-state index is 5.76. The number of hydrogen-bond acceptors (Lipinski definition) is 4. The minimum Gasteiger partial charge on any atom is -0.368 e. The van der Waals surface area contributed by atoms with Gasteiger partial charge in [-0.3, -0.25) is 5.14 Å². The first kappa shape index (κ1) is 13.3. The zero-order valence-electron chi connectivity index (χ0n) is 11.4. The molecule has 2 aromatic rings. The van der Waals surface area contributed by atoms with Gasteiger partial charge in [-0.15, -0.1) is 0 Å². The number of nitrogens with two attached hydrogens (primary N) is 1. The molecule has 104 valence electrons. The lowest BCUT2D eigenvalue weighted by molar-refractivity contribution is 0.650. The second-order valence-corrected chi connectivity index (χ2v) is 5.57. The summed E-state index contributed by atoms with van der Waals surface area (Å²) in [5.74, 6) is 0. The Labute approximate surface area is 124 Å². The number of para-hydroxylation sites is 2. The molecule has 0 aliphatic carbocycles. The molecule has 1 aliphatic heterocycles. The fraction of sp³-hybridized carbons (Fsp3) is 0.250. The minimum absolute atomic E-state index is 1.03. The predicted octanol–water partition coefficient (Wildman–Crippen LogP) is 2.98. The molecule has 2 aromatic carbocycles. The van der Waals surface area contributed by atoms with Gasteiger partial charge in [-0.05, 0) is 36.2 Å². The molecule has 1 fully saturated rings. The molecule has 2 N–H and O–H groups in total. The lowest BCUT2D eigenvalue weighted by atomic mass is 10.2. The van der Waals surface area contributed by atoms with Crippen LogP contribution in [0.3, 0.4) is 0 Å². The average molecular weight is 285 g/mol. The molecular weight excluding hydrogens is 266 g/mol. The topological polar surface area (TPSA) is 32.5 Å². The molecule has 4 heteroatoms. The Bertz CT molecular complexity index is 551. The summed E-state index contributed by atoms with van der Waals surface area (Å²) in [6, 6.07) is 19.0. The molecule has 1 aliphatic rings. The van der Waals surface area contributed by atoms with E-state index in [0.717, 1.165) is 31.1 Å². The minimum atomic E-state index is 1.03. The van der Waals surface area contributed by atoms with E-state index < -0.39 is 0 Å². The van der Waals surface area contributed by atoms with Crippen molar-refractivity contribution < 1.29 is 0 Å². The second-order valence-electron chi connectivity index (χ2n) is 4.90. The van der Waals surface area contributed by atoms with Crippen LogP contribution >= 0.6 is 11.9 Å². The summed E-state index contributed by atoms with van der Waals surface area (Å²) >= 11 is 1.33. The number of nitrogens with zero attached hydrogens (tertiary/aromatic N) is 2. The second kappa shape index (κ2) is 6.20. The third-order valence-corrected chi connectivity index (χ3v) is 4.33. The van der Waals surface area contributed by atoms with E-state index in [4.69, 9.17) is 5.14 Å². The van der Waals surface area contributed by atoms with Crippen LogP contribution in [0.25, 0.3) is 0 Å². The summed E-state index contributed by atoms with van der Waals surface area (Å²) in [5.41, 5.74) is 2.57. The third-order valence-electron chi connectivity index (χ3n) is 3.73. The summed E-state index contributed by atoms with van der Waals surface area (Å²) in [5, 5.41) is 5.76. The highest BCUT2D eigenvalue weighted by atomic mass is 32.2.